The van der Waals surface area contributed by atoms with Crippen molar-refractivity contribution in [2.75, 3.05) is 32.7 Å². The molecule has 2 amide bonds. The molecule has 1 aliphatic heterocycles. The van der Waals surface area contributed by atoms with Crippen LogP contribution in [0.2, 0.25) is 0 Å². The molecule has 1 heterocycles. The molecule has 0 radical (unpaired) electrons. The van der Waals surface area contributed by atoms with E-state index in [4.69, 9.17) is 5.73 Å². The monoisotopic (exact) mass is 213 g/mol. The Bertz CT molecular complexity index is 235. The average molecular weight is 213 g/mol. The normalized spacial score (nSPS) is 17.8. The first kappa shape index (κ1) is 12.0. The van der Waals surface area contributed by atoms with Crippen molar-refractivity contribution in [3.8, 4) is 0 Å². The largest absolute Gasteiger partial charge is 0.351 e. The molecule has 86 valence electrons. The summed E-state index contributed by atoms with van der Waals surface area (Å²) in [6.07, 6.45) is 1.23. The van der Waals surface area contributed by atoms with Crippen molar-refractivity contribution in [1.82, 2.24) is 9.80 Å². The third-order valence-corrected chi connectivity index (χ3v) is 2.79. The van der Waals surface area contributed by atoms with E-state index in [1.807, 2.05) is 6.92 Å². The van der Waals surface area contributed by atoms with E-state index < -0.39 is 0 Å². The van der Waals surface area contributed by atoms with Crippen LogP contribution in [-0.4, -0.2) is 54.3 Å². The SMILES string of the molecule is CCC(=O)CCN1CCN(C(N)=O)CC1. The van der Waals surface area contributed by atoms with Gasteiger partial charge >= 0.3 is 6.03 Å². The van der Waals surface area contributed by atoms with Gasteiger partial charge in [-0.2, -0.15) is 0 Å². The summed E-state index contributed by atoms with van der Waals surface area (Å²) in [5.74, 6) is 0.298. The molecule has 0 aliphatic carbocycles. The van der Waals surface area contributed by atoms with E-state index >= 15 is 0 Å². The van der Waals surface area contributed by atoms with Gasteiger partial charge in [0.05, 0.1) is 0 Å². The molecule has 5 heteroatoms. The summed E-state index contributed by atoms with van der Waals surface area (Å²) >= 11 is 0. The number of nitrogens with zero attached hydrogens (tertiary/aromatic N) is 2. The quantitative estimate of drug-likeness (QED) is 0.717. The first-order valence-electron chi connectivity index (χ1n) is 5.42. The molecule has 1 rings (SSSR count). The Labute approximate surface area is 90.2 Å². The maximum Gasteiger partial charge on any atom is 0.314 e. The van der Waals surface area contributed by atoms with E-state index in [0.717, 1.165) is 19.6 Å². The van der Waals surface area contributed by atoms with Crippen LogP contribution in [0.1, 0.15) is 19.8 Å². The summed E-state index contributed by atoms with van der Waals surface area (Å²) in [6.45, 7) is 5.68. The van der Waals surface area contributed by atoms with Crippen molar-refractivity contribution in [3.05, 3.63) is 0 Å². The molecular formula is C10H19N3O2. The third kappa shape index (κ3) is 3.87. The number of rotatable bonds is 4. The van der Waals surface area contributed by atoms with Gasteiger partial charge in [0.25, 0.3) is 0 Å². The van der Waals surface area contributed by atoms with E-state index in [-0.39, 0.29) is 6.03 Å². The standard InChI is InChI=1S/C10H19N3O2/c1-2-9(14)3-4-12-5-7-13(8-6-12)10(11)15/h2-8H2,1H3,(H2,11,15). The zero-order valence-corrected chi connectivity index (χ0v) is 9.24. The summed E-state index contributed by atoms with van der Waals surface area (Å²) < 4.78 is 0. The second-order valence-corrected chi connectivity index (χ2v) is 3.81. The Balaban J connectivity index is 2.20. The lowest BCUT2D eigenvalue weighted by atomic mass is 10.2. The number of Topliss-reactive ketones (excluding diaryl/α,β-unsaturated/α-hetero) is 1. The van der Waals surface area contributed by atoms with Crippen molar-refractivity contribution >= 4 is 11.8 Å². The Morgan fingerprint density at radius 2 is 1.80 bits per heavy atom. The topological polar surface area (TPSA) is 66.6 Å². The summed E-state index contributed by atoms with van der Waals surface area (Å²) in [5, 5.41) is 0. The highest BCUT2D eigenvalue weighted by atomic mass is 16.2. The molecule has 1 fully saturated rings. The van der Waals surface area contributed by atoms with Crippen molar-refractivity contribution in [2.45, 2.75) is 19.8 Å². The Hall–Kier alpha value is -1.10. The van der Waals surface area contributed by atoms with E-state index in [0.29, 0.717) is 31.7 Å². The molecular weight excluding hydrogens is 194 g/mol. The number of amides is 2. The summed E-state index contributed by atoms with van der Waals surface area (Å²) in [4.78, 5) is 25.8. The second-order valence-electron chi connectivity index (χ2n) is 3.81. The van der Waals surface area contributed by atoms with Gasteiger partial charge in [0.15, 0.2) is 0 Å². The Kier molecular flexibility index (Phi) is 4.55. The third-order valence-electron chi connectivity index (χ3n) is 2.79. The molecule has 1 saturated heterocycles. The van der Waals surface area contributed by atoms with Gasteiger partial charge in [-0.15, -0.1) is 0 Å². The molecule has 0 aromatic heterocycles. The predicted molar refractivity (Wildman–Crippen MR) is 57.5 cm³/mol. The lowest BCUT2D eigenvalue weighted by Gasteiger charge is -2.33. The van der Waals surface area contributed by atoms with E-state index in [9.17, 15) is 9.59 Å². The maximum atomic E-state index is 11.1. The fourth-order valence-corrected chi connectivity index (χ4v) is 1.65. The number of hydrogen-bond donors (Lipinski definition) is 1. The van der Waals surface area contributed by atoms with Crippen LogP contribution in [0.3, 0.4) is 0 Å². The van der Waals surface area contributed by atoms with E-state index in [1.54, 1.807) is 4.90 Å². The van der Waals surface area contributed by atoms with Crippen molar-refractivity contribution < 1.29 is 9.59 Å². The van der Waals surface area contributed by atoms with Gasteiger partial charge in [0, 0.05) is 45.6 Å². The number of hydrogen-bond acceptors (Lipinski definition) is 3. The molecule has 0 aromatic rings. The number of carbonyl (C=O) groups excluding carboxylic acids is 2. The van der Waals surface area contributed by atoms with Crippen molar-refractivity contribution in [1.29, 1.82) is 0 Å². The van der Waals surface area contributed by atoms with Crippen LogP contribution >= 0.6 is 0 Å². The van der Waals surface area contributed by atoms with E-state index in [2.05, 4.69) is 4.90 Å². The molecule has 5 nitrogen and oxygen atoms in total. The van der Waals surface area contributed by atoms with Crippen LogP contribution in [0, 0.1) is 0 Å². The molecule has 2 N–H and O–H groups in total. The highest BCUT2D eigenvalue weighted by Crippen LogP contribution is 2.02. The first-order chi connectivity index (χ1) is 7.13. The average Bonchev–Trinajstić information content (AvgIpc) is 2.26. The van der Waals surface area contributed by atoms with Gasteiger partial charge in [-0.05, 0) is 0 Å². The molecule has 1 aliphatic rings. The van der Waals surface area contributed by atoms with Crippen LogP contribution in [-0.2, 0) is 4.79 Å². The van der Waals surface area contributed by atoms with Gasteiger partial charge in [-0.3, -0.25) is 9.69 Å². The van der Waals surface area contributed by atoms with Crippen LogP contribution in [0.5, 0.6) is 0 Å². The number of urea groups is 1. The number of nitrogens with two attached hydrogens (primary N) is 1. The highest BCUT2D eigenvalue weighted by molar-refractivity contribution is 5.78. The number of piperazine rings is 1. The van der Waals surface area contributed by atoms with Gasteiger partial charge in [-0.25, -0.2) is 4.79 Å². The summed E-state index contributed by atoms with van der Waals surface area (Å²) in [7, 11) is 0. The highest BCUT2D eigenvalue weighted by Gasteiger charge is 2.18. The van der Waals surface area contributed by atoms with Crippen LogP contribution in [0.15, 0.2) is 0 Å². The minimum absolute atomic E-state index is 0.298. The molecule has 0 atom stereocenters. The molecule has 0 bridgehead atoms. The lowest BCUT2D eigenvalue weighted by Crippen LogP contribution is -2.50. The Morgan fingerprint density at radius 3 is 2.27 bits per heavy atom. The first-order valence-corrected chi connectivity index (χ1v) is 5.42. The summed E-state index contributed by atoms with van der Waals surface area (Å²) in [5.41, 5.74) is 5.17. The Morgan fingerprint density at radius 1 is 1.20 bits per heavy atom. The van der Waals surface area contributed by atoms with Crippen LogP contribution in [0.25, 0.3) is 0 Å². The van der Waals surface area contributed by atoms with Crippen LogP contribution in [0.4, 0.5) is 4.79 Å². The minimum Gasteiger partial charge on any atom is -0.351 e. The maximum absolute atomic E-state index is 11.1. The lowest BCUT2D eigenvalue weighted by molar-refractivity contribution is -0.119. The molecule has 0 aromatic carbocycles. The number of primary amides is 1. The van der Waals surface area contributed by atoms with Crippen LogP contribution < -0.4 is 5.73 Å². The van der Waals surface area contributed by atoms with Crippen molar-refractivity contribution in [3.63, 3.8) is 0 Å². The number of carbonyl (C=O) groups is 2. The zero-order valence-electron chi connectivity index (χ0n) is 9.24. The minimum atomic E-state index is -0.348. The fourth-order valence-electron chi connectivity index (χ4n) is 1.65. The molecule has 15 heavy (non-hydrogen) atoms. The molecule has 0 unspecified atom stereocenters. The zero-order chi connectivity index (χ0) is 11.3. The summed E-state index contributed by atoms with van der Waals surface area (Å²) in [6, 6.07) is -0.348. The smallest absolute Gasteiger partial charge is 0.314 e. The van der Waals surface area contributed by atoms with Gasteiger partial charge in [0.1, 0.15) is 5.78 Å². The second kappa shape index (κ2) is 5.70. The predicted octanol–water partition coefficient (Wildman–Crippen LogP) is 0.0519. The van der Waals surface area contributed by atoms with E-state index in [1.165, 1.54) is 0 Å². The fraction of sp³-hybridized carbons (Fsp3) is 0.800. The van der Waals surface area contributed by atoms with Crippen molar-refractivity contribution in [2.24, 2.45) is 5.73 Å². The van der Waals surface area contributed by atoms with Gasteiger partial charge in [0.2, 0.25) is 0 Å². The van der Waals surface area contributed by atoms with Gasteiger partial charge < -0.3 is 10.6 Å². The number of ketones is 1. The van der Waals surface area contributed by atoms with Gasteiger partial charge in [-0.1, -0.05) is 6.92 Å². The molecule has 0 saturated carbocycles. The molecule has 0 spiro atoms.